The van der Waals surface area contributed by atoms with E-state index in [-0.39, 0.29) is 0 Å². The molecule has 1 unspecified atom stereocenters. The largest absolute Gasteiger partial charge is 0.350 e. The number of hydrogen-bond acceptors (Lipinski definition) is 5. The molecule has 1 aromatic rings. The number of hydrogen-bond donors (Lipinski definition) is 1. The summed E-state index contributed by atoms with van der Waals surface area (Å²) in [4.78, 5) is 10.8. The second-order valence-electron chi connectivity index (χ2n) is 5.59. The Balaban J connectivity index is 1.84. The standard InChI is InChI=1S/C15H28N4S/c1-4-8-16-10-14-11-17-15(20-14)18(3)12-13-7-6-9-19(13)5-2/h11,13,16H,4-10,12H2,1-3H3. The minimum Gasteiger partial charge on any atom is -0.350 e. The van der Waals surface area contributed by atoms with Crippen LogP contribution < -0.4 is 10.2 Å². The average Bonchev–Trinajstić information content (AvgIpc) is 3.08. The summed E-state index contributed by atoms with van der Waals surface area (Å²) in [6, 6.07) is 0.704. The smallest absolute Gasteiger partial charge is 0.185 e. The first-order chi connectivity index (χ1) is 9.74. The number of anilines is 1. The maximum absolute atomic E-state index is 4.57. The Bertz CT molecular complexity index is 393. The van der Waals surface area contributed by atoms with Crippen LogP contribution in [-0.2, 0) is 6.54 Å². The quantitative estimate of drug-likeness (QED) is 0.747. The lowest BCUT2D eigenvalue weighted by molar-refractivity contribution is 0.270. The molecule has 0 bridgehead atoms. The monoisotopic (exact) mass is 296 g/mol. The minimum atomic E-state index is 0.704. The van der Waals surface area contributed by atoms with Crippen molar-refractivity contribution in [2.75, 3.05) is 38.1 Å². The second-order valence-corrected chi connectivity index (χ2v) is 6.68. The third kappa shape index (κ3) is 4.17. The van der Waals surface area contributed by atoms with Crippen LogP contribution in [0.4, 0.5) is 5.13 Å². The van der Waals surface area contributed by atoms with Gasteiger partial charge >= 0.3 is 0 Å². The number of thiazole rings is 1. The summed E-state index contributed by atoms with van der Waals surface area (Å²) >= 11 is 1.82. The van der Waals surface area contributed by atoms with Crippen LogP contribution in [0, 0.1) is 0 Å². The summed E-state index contributed by atoms with van der Waals surface area (Å²) in [6.45, 7) is 10.0. The van der Waals surface area contributed by atoms with Gasteiger partial charge < -0.3 is 10.2 Å². The van der Waals surface area contributed by atoms with E-state index in [1.54, 1.807) is 0 Å². The number of aromatic nitrogens is 1. The topological polar surface area (TPSA) is 31.4 Å². The van der Waals surface area contributed by atoms with Gasteiger partial charge in [0.15, 0.2) is 5.13 Å². The SMILES string of the molecule is CCCNCc1cnc(N(C)CC2CCCN2CC)s1. The Morgan fingerprint density at radius 3 is 3.10 bits per heavy atom. The second kappa shape index (κ2) is 7.96. The van der Waals surface area contributed by atoms with E-state index in [9.17, 15) is 0 Å². The molecule has 0 saturated carbocycles. The van der Waals surface area contributed by atoms with Crippen molar-refractivity contribution >= 4 is 16.5 Å². The normalized spacial score (nSPS) is 19.6. The van der Waals surface area contributed by atoms with Crippen molar-refractivity contribution in [1.82, 2.24) is 15.2 Å². The van der Waals surface area contributed by atoms with Crippen molar-refractivity contribution in [1.29, 1.82) is 0 Å². The van der Waals surface area contributed by atoms with Crippen LogP contribution in [-0.4, -0.2) is 49.2 Å². The van der Waals surface area contributed by atoms with Crippen LogP contribution in [0.5, 0.6) is 0 Å². The van der Waals surface area contributed by atoms with E-state index in [1.807, 2.05) is 17.5 Å². The molecule has 1 aromatic heterocycles. The minimum absolute atomic E-state index is 0.704. The molecule has 2 heterocycles. The number of likely N-dealkylation sites (N-methyl/N-ethyl adjacent to an activating group) is 2. The summed E-state index contributed by atoms with van der Waals surface area (Å²) in [5, 5.41) is 4.59. The highest BCUT2D eigenvalue weighted by molar-refractivity contribution is 7.15. The van der Waals surface area contributed by atoms with Gasteiger partial charge in [-0.3, -0.25) is 4.90 Å². The van der Waals surface area contributed by atoms with E-state index < -0.39 is 0 Å². The van der Waals surface area contributed by atoms with E-state index in [0.29, 0.717) is 6.04 Å². The fourth-order valence-corrected chi connectivity index (χ4v) is 3.71. The van der Waals surface area contributed by atoms with Gasteiger partial charge in [-0.15, -0.1) is 11.3 Å². The van der Waals surface area contributed by atoms with Crippen LogP contribution in [0.15, 0.2) is 6.20 Å². The third-order valence-corrected chi connectivity index (χ3v) is 5.10. The number of nitrogens with one attached hydrogen (secondary N) is 1. The molecule has 1 saturated heterocycles. The molecule has 1 fully saturated rings. The van der Waals surface area contributed by atoms with E-state index in [0.717, 1.165) is 24.8 Å². The summed E-state index contributed by atoms with van der Waals surface area (Å²) in [5.74, 6) is 0. The van der Waals surface area contributed by atoms with Crippen molar-refractivity contribution < 1.29 is 0 Å². The predicted octanol–water partition coefficient (Wildman–Crippen LogP) is 2.56. The third-order valence-electron chi connectivity index (χ3n) is 3.98. The highest BCUT2D eigenvalue weighted by Crippen LogP contribution is 2.24. The zero-order valence-electron chi connectivity index (χ0n) is 13.1. The van der Waals surface area contributed by atoms with E-state index in [4.69, 9.17) is 0 Å². The molecule has 5 heteroatoms. The molecule has 2 rings (SSSR count). The zero-order chi connectivity index (χ0) is 14.4. The van der Waals surface area contributed by atoms with E-state index >= 15 is 0 Å². The first-order valence-corrected chi connectivity index (χ1v) is 8.66. The van der Waals surface area contributed by atoms with Gasteiger partial charge in [0, 0.05) is 37.3 Å². The van der Waals surface area contributed by atoms with Crippen molar-refractivity contribution in [2.24, 2.45) is 0 Å². The van der Waals surface area contributed by atoms with Crippen LogP contribution in [0.25, 0.3) is 0 Å². The van der Waals surface area contributed by atoms with Gasteiger partial charge in [-0.1, -0.05) is 13.8 Å². The number of rotatable bonds is 8. The molecule has 1 aliphatic rings. The first-order valence-electron chi connectivity index (χ1n) is 7.85. The lowest BCUT2D eigenvalue weighted by Gasteiger charge is -2.27. The van der Waals surface area contributed by atoms with Crippen LogP contribution in [0.3, 0.4) is 0 Å². The van der Waals surface area contributed by atoms with Crippen molar-refractivity contribution in [2.45, 2.75) is 45.7 Å². The fourth-order valence-electron chi connectivity index (χ4n) is 2.86. The summed E-state index contributed by atoms with van der Waals surface area (Å²) in [5.41, 5.74) is 0. The van der Waals surface area contributed by atoms with Gasteiger partial charge in [0.1, 0.15) is 0 Å². The molecule has 1 atom stereocenters. The lowest BCUT2D eigenvalue weighted by atomic mass is 10.2. The Labute approximate surface area is 127 Å². The zero-order valence-corrected chi connectivity index (χ0v) is 13.9. The molecule has 114 valence electrons. The Morgan fingerprint density at radius 2 is 2.35 bits per heavy atom. The van der Waals surface area contributed by atoms with E-state index in [1.165, 1.54) is 37.2 Å². The van der Waals surface area contributed by atoms with Gasteiger partial charge in [0.2, 0.25) is 0 Å². The molecule has 20 heavy (non-hydrogen) atoms. The van der Waals surface area contributed by atoms with Crippen molar-refractivity contribution in [3.8, 4) is 0 Å². The number of nitrogens with zero attached hydrogens (tertiary/aromatic N) is 3. The summed E-state index contributed by atoms with van der Waals surface area (Å²) in [6.07, 6.45) is 5.87. The highest BCUT2D eigenvalue weighted by Gasteiger charge is 2.24. The van der Waals surface area contributed by atoms with Crippen LogP contribution in [0.1, 0.15) is 38.0 Å². The summed E-state index contributed by atoms with van der Waals surface area (Å²) < 4.78 is 0. The first kappa shape index (κ1) is 15.7. The summed E-state index contributed by atoms with van der Waals surface area (Å²) in [7, 11) is 2.17. The van der Waals surface area contributed by atoms with Crippen LogP contribution >= 0.6 is 11.3 Å². The molecule has 1 N–H and O–H groups in total. The molecule has 0 aromatic carbocycles. The van der Waals surface area contributed by atoms with Crippen molar-refractivity contribution in [3.63, 3.8) is 0 Å². The fraction of sp³-hybridized carbons (Fsp3) is 0.800. The van der Waals surface area contributed by atoms with Gasteiger partial charge in [-0.05, 0) is 38.9 Å². The maximum atomic E-state index is 4.57. The molecule has 4 nitrogen and oxygen atoms in total. The molecular formula is C15H28N4S. The Morgan fingerprint density at radius 1 is 1.50 bits per heavy atom. The van der Waals surface area contributed by atoms with Crippen LogP contribution in [0.2, 0.25) is 0 Å². The molecular weight excluding hydrogens is 268 g/mol. The van der Waals surface area contributed by atoms with Gasteiger partial charge in [0.25, 0.3) is 0 Å². The highest BCUT2D eigenvalue weighted by atomic mass is 32.1. The molecule has 0 amide bonds. The van der Waals surface area contributed by atoms with Gasteiger partial charge in [-0.2, -0.15) is 0 Å². The Hall–Kier alpha value is -0.650. The van der Waals surface area contributed by atoms with Gasteiger partial charge in [0.05, 0.1) is 0 Å². The predicted molar refractivity (Wildman–Crippen MR) is 87.7 cm³/mol. The van der Waals surface area contributed by atoms with E-state index in [2.05, 4.69) is 41.0 Å². The molecule has 0 spiro atoms. The van der Waals surface area contributed by atoms with Crippen molar-refractivity contribution in [3.05, 3.63) is 11.1 Å². The number of likely N-dealkylation sites (tertiary alicyclic amines) is 1. The maximum Gasteiger partial charge on any atom is 0.185 e. The lowest BCUT2D eigenvalue weighted by Crippen LogP contribution is -2.38. The molecule has 0 aliphatic carbocycles. The average molecular weight is 296 g/mol. The Kier molecular flexibility index (Phi) is 6.26. The molecule has 0 radical (unpaired) electrons. The van der Waals surface area contributed by atoms with Gasteiger partial charge in [-0.25, -0.2) is 4.98 Å². The molecule has 1 aliphatic heterocycles.